The molecule has 0 unspecified atom stereocenters. The minimum absolute atomic E-state index is 0.136. The smallest absolute Gasteiger partial charge is 0.220 e. The van der Waals surface area contributed by atoms with Crippen LogP contribution in [0.1, 0.15) is 86.0 Å². The summed E-state index contributed by atoms with van der Waals surface area (Å²) in [6.07, 6.45) is 7.73. The van der Waals surface area contributed by atoms with Gasteiger partial charge in [0, 0.05) is 24.5 Å². The molecule has 0 heterocycles. The second kappa shape index (κ2) is 6.53. The van der Waals surface area contributed by atoms with Crippen molar-refractivity contribution in [3.63, 3.8) is 0 Å². The van der Waals surface area contributed by atoms with Crippen molar-refractivity contribution in [2.24, 2.45) is 16.7 Å². The largest absolute Gasteiger partial charge is 0.390 e. The van der Waals surface area contributed by atoms with E-state index in [1.807, 2.05) is 6.92 Å². The predicted octanol–water partition coefficient (Wildman–Crippen LogP) is 3.38. The lowest BCUT2D eigenvalue weighted by molar-refractivity contribution is -0.123. The Labute approximate surface area is 153 Å². The van der Waals surface area contributed by atoms with Gasteiger partial charge in [-0.3, -0.25) is 4.79 Å². The van der Waals surface area contributed by atoms with Gasteiger partial charge in [0.2, 0.25) is 5.91 Å². The van der Waals surface area contributed by atoms with Gasteiger partial charge in [0.1, 0.15) is 0 Å². The van der Waals surface area contributed by atoms with Crippen LogP contribution in [0.3, 0.4) is 0 Å². The van der Waals surface area contributed by atoms with E-state index in [0.717, 1.165) is 44.9 Å². The molecule has 3 rings (SSSR count). The molecule has 0 saturated heterocycles. The van der Waals surface area contributed by atoms with E-state index in [0.29, 0.717) is 30.5 Å². The van der Waals surface area contributed by atoms with E-state index in [4.69, 9.17) is 0 Å². The van der Waals surface area contributed by atoms with Crippen molar-refractivity contribution in [2.45, 2.75) is 110 Å². The van der Waals surface area contributed by atoms with Crippen LogP contribution < -0.4 is 10.6 Å². The van der Waals surface area contributed by atoms with Crippen LogP contribution in [-0.4, -0.2) is 34.7 Å². The molecule has 4 heteroatoms. The van der Waals surface area contributed by atoms with Crippen LogP contribution in [0.15, 0.2) is 0 Å². The van der Waals surface area contributed by atoms with Crippen molar-refractivity contribution < 1.29 is 9.90 Å². The van der Waals surface area contributed by atoms with Gasteiger partial charge in [0.15, 0.2) is 0 Å². The number of hydrogen-bond donors (Lipinski definition) is 3. The fraction of sp³-hybridized carbons (Fsp3) is 0.952. The van der Waals surface area contributed by atoms with Crippen molar-refractivity contribution in [1.82, 2.24) is 10.6 Å². The monoisotopic (exact) mass is 350 g/mol. The van der Waals surface area contributed by atoms with Crippen molar-refractivity contribution in [3.8, 4) is 0 Å². The van der Waals surface area contributed by atoms with Crippen LogP contribution in [0, 0.1) is 16.7 Å². The Morgan fingerprint density at radius 3 is 2.44 bits per heavy atom. The number of aliphatic hydroxyl groups is 1. The highest BCUT2D eigenvalue weighted by Gasteiger charge is 2.61. The molecule has 0 aromatic carbocycles. The molecule has 144 valence electrons. The number of hydrogen-bond acceptors (Lipinski definition) is 3. The second-order valence-corrected chi connectivity index (χ2v) is 10.4. The van der Waals surface area contributed by atoms with Crippen LogP contribution in [-0.2, 0) is 4.79 Å². The van der Waals surface area contributed by atoms with Crippen LogP contribution >= 0.6 is 0 Å². The van der Waals surface area contributed by atoms with Crippen LogP contribution in [0.2, 0.25) is 0 Å². The number of rotatable bonds is 6. The summed E-state index contributed by atoms with van der Waals surface area (Å²) in [4.78, 5) is 12.4. The molecule has 1 amide bonds. The molecular formula is C21H38N2O2. The lowest BCUT2D eigenvalue weighted by Crippen LogP contribution is -2.52. The number of carbonyl (C=O) groups is 1. The summed E-state index contributed by atoms with van der Waals surface area (Å²) in [6.45, 7) is 11.1. The van der Waals surface area contributed by atoms with Gasteiger partial charge >= 0.3 is 0 Å². The maximum Gasteiger partial charge on any atom is 0.220 e. The van der Waals surface area contributed by atoms with Gasteiger partial charge in [0.25, 0.3) is 0 Å². The van der Waals surface area contributed by atoms with Gasteiger partial charge in [-0.2, -0.15) is 0 Å². The highest BCUT2D eigenvalue weighted by atomic mass is 16.3. The first-order chi connectivity index (χ1) is 11.5. The first-order valence-electron chi connectivity index (χ1n) is 10.3. The van der Waals surface area contributed by atoms with Gasteiger partial charge in [-0.15, -0.1) is 0 Å². The average Bonchev–Trinajstić information content (AvgIpc) is 3.25. The highest BCUT2D eigenvalue weighted by molar-refractivity contribution is 5.76. The third-order valence-electron chi connectivity index (χ3n) is 7.13. The maximum atomic E-state index is 12.4. The van der Waals surface area contributed by atoms with Crippen LogP contribution in [0.5, 0.6) is 0 Å². The minimum Gasteiger partial charge on any atom is -0.390 e. The molecule has 0 aromatic heterocycles. The van der Waals surface area contributed by atoms with Crippen molar-refractivity contribution in [1.29, 1.82) is 0 Å². The Morgan fingerprint density at radius 1 is 1.16 bits per heavy atom. The summed E-state index contributed by atoms with van der Waals surface area (Å²) in [5, 5.41) is 17.7. The first-order valence-corrected chi connectivity index (χ1v) is 10.3. The molecule has 25 heavy (non-hydrogen) atoms. The van der Waals surface area contributed by atoms with Crippen LogP contribution in [0.25, 0.3) is 0 Å². The van der Waals surface area contributed by atoms with Gasteiger partial charge in [-0.25, -0.2) is 0 Å². The van der Waals surface area contributed by atoms with Gasteiger partial charge in [0.05, 0.1) is 5.60 Å². The lowest BCUT2D eigenvalue weighted by atomic mass is 9.57. The molecule has 4 nitrogen and oxygen atoms in total. The summed E-state index contributed by atoms with van der Waals surface area (Å²) in [6, 6.07) is 1.33. The minimum atomic E-state index is -0.561. The summed E-state index contributed by atoms with van der Waals surface area (Å²) in [7, 11) is 0. The fourth-order valence-electron chi connectivity index (χ4n) is 5.74. The molecule has 0 spiro atoms. The van der Waals surface area contributed by atoms with E-state index in [1.54, 1.807) is 0 Å². The first kappa shape index (κ1) is 19.2. The van der Waals surface area contributed by atoms with E-state index in [-0.39, 0.29) is 16.7 Å². The Kier molecular flexibility index (Phi) is 5.00. The van der Waals surface area contributed by atoms with E-state index >= 15 is 0 Å². The number of nitrogens with one attached hydrogen (secondary N) is 2. The van der Waals surface area contributed by atoms with Crippen molar-refractivity contribution in [2.75, 3.05) is 0 Å². The van der Waals surface area contributed by atoms with Gasteiger partial charge < -0.3 is 15.7 Å². The van der Waals surface area contributed by atoms with Crippen LogP contribution in [0.4, 0.5) is 0 Å². The van der Waals surface area contributed by atoms with E-state index < -0.39 is 5.60 Å². The lowest BCUT2D eigenvalue weighted by Gasteiger charge is -2.51. The standard InChI is InChI=1S/C21H38N2O2/c1-14(2)22-17-13-19(3,4)16-12-20(5,25)10-11-21(16,17)9-8-18(24)23-15-6-7-15/h14-17,22,25H,6-13H2,1-5H3,(H,23,24)/t16-,17-,20-,21-/m0/s1. The zero-order valence-electron chi connectivity index (χ0n) is 16.8. The fourth-order valence-corrected chi connectivity index (χ4v) is 5.74. The third-order valence-corrected chi connectivity index (χ3v) is 7.13. The third kappa shape index (κ3) is 4.05. The quantitative estimate of drug-likeness (QED) is 0.688. The molecule has 3 fully saturated rings. The Morgan fingerprint density at radius 2 is 1.84 bits per heavy atom. The molecule has 3 aliphatic carbocycles. The average molecular weight is 351 g/mol. The number of carbonyl (C=O) groups excluding carboxylic acids is 1. The zero-order valence-corrected chi connectivity index (χ0v) is 16.8. The van der Waals surface area contributed by atoms with E-state index in [9.17, 15) is 9.90 Å². The Bertz CT molecular complexity index is 510. The molecule has 3 saturated carbocycles. The summed E-state index contributed by atoms with van der Waals surface area (Å²) in [5.41, 5.74) is -0.227. The summed E-state index contributed by atoms with van der Waals surface area (Å²) in [5.74, 6) is 0.690. The molecule has 3 N–H and O–H groups in total. The molecule has 0 aliphatic heterocycles. The van der Waals surface area contributed by atoms with E-state index in [1.165, 1.54) is 0 Å². The SMILES string of the molecule is CC(C)N[C@H]1CC(C)(C)[C@@H]2C[C@@](C)(O)CC[C@]12CCC(=O)NC1CC1. The zero-order chi connectivity index (χ0) is 18.5. The molecule has 0 bridgehead atoms. The predicted molar refractivity (Wildman–Crippen MR) is 101 cm³/mol. The molecule has 4 atom stereocenters. The van der Waals surface area contributed by atoms with Gasteiger partial charge in [-0.05, 0) is 68.6 Å². The Balaban J connectivity index is 1.80. The number of fused-ring (bicyclic) bond motifs is 1. The van der Waals surface area contributed by atoms with Crippen molar-refractivity contribution in [3.05, 3.63) is 0 Å². The second-order valence-electron chi connectivity index (χ2n) is 10.4. The highest BCUT2D eigenvalue weighted by Crippen LogP contribution is 2.63. The number of amides is 1. The topological polar surface area (TPSA) is 61.4 Å². The molecular weight excluding hydrogens is 312 g/mol. The molecule has 3 aliphatic rings. The summed E-state index contributed by atoms with van der Waals surface area (Å²) < 4.78 is 0. The van der Waals surface area contributed by atoms with Crippen molar-refractivity contribution >= 4 is 5.91 Å². The summed E-state index contributed by atoms with van der Waals surface area (Å²) >= 11 is 0. The Hall–Kier alpha value is -0.610. The maximum absolute atomic E-state index is 12.4. The van der Waals surface area contributed by atoms with Gasteiger partial charge in [-0.1, -0.05) is 27.7 Å². The van der Waals surface area contributed by atoms with E-state index in [2.05, 4.69) is 38.3 Å². The normalized spacial score (nSPS) is 40.1. The molecule has 0 radical (unpaired) electrons. The molecule has 0 aromatic rings.